The Morgan fingerprint density at radius 1 is 0.970 bits per heavy atom. The van der Waals surface area contributed by atoms with Crippen molar-refractivity contribution >= 4 is 34.4 Å². The van der Waals surface area contributed by atoms with Crippen LogP contribution in [0.2, 0.25) is 6.82 Å². The molecular formula is C26H26BBrN4O. The Balaban J connectivity index is 1.67. The normalized spacial score (nSPS) is 13.0. The lowest BCUT2D eigenvalue weighted by Gasteiger charge is -2.35. The van der Waals surface area contributed by atoms with Crippen molar-refractivity contribution in [3.05, 3.63) is 82.6 Å². The summed E-state index contributed by atoms with van der Waals surface area (Å²) in [4.78, 5) is 6.94. The van der Waals surface area contributed by atoms with Crippen molar-refractivity contribution in [1.29, 1.82) is 0 Å². The fourth-order valence-electron chi connectivity index (χ4n) is 4.18. The quantitative estimate of drug-likeness (QED) is 0.278. The molecule has 4 aromatic rings. The molecule has 0 radical (unpaired) electrons. The smallest absolute Gasteiger partial charge is 0.401 e. The highest BCUT2D eigenvalue weighted by Gasteiger charge is 2.36. The first-order valence-corrected chi connectivity index (χ1v) is 11.9. The number of aromatic nitrogens is 3. The minimum Gasteiger partial charge on any atom is -0.457 e. The lowest BCUT2D eigenvalue weighted by molar-refractivity contribution is 0.482. The van der Waals surface area contributed by atoms with Crippen LogP contribution in [-0.2, 0) is 5.41 Å². The molecule has 166 valence electrons. The number of benzene rings is 2. The first-order valence-electron chi connectivity index (χ1n) is 11.1. The minimum atomic E-state index is -0.0426. The molecule has 0 spiro atoms. The van der Waals surface area contributed by atoms with Crippen LogP contribution < -0.4 is 9.55 Å². The van der Waals surface area contributed by atoms with Gasteiger partial charge in [0, 0.05) is 33.4 Å². The number of pyridine rings is 1. The maximum absolute atomic E-state index is 6.22. The minimum absolute atomic E-state index is 0.0413. The predicted molar refractivity (Wildman–Crippen MR) is 139 cm³/mol. The third-order valence-corrected chi connectivity index (χ3v) is 6.41. The summed E-state index contributed by atoms with van der Waals surface area (Å²) in [5.74, 6) is 2.45. The van der Waals surface area contributed by atoms with Crippen molar-refractivity contribution in [2.75, 3.05) is 4.81 Å². The van der Waals surface area contributed by atoms with E-state index in [1.807, 2.05) is 42.6 Å². The summed E-state index contributed by atoms with van der Waals surface area (Å²) in [6.45, 7) is 10.8. The number of rotatable bonds is 3. The molecule has 0 unspecified atom stereocenters. The van der Waals surface area contributed by atoms with Crippen LogP contribution in [0.25, 0.3) is 11.3 Å². The first-order chi connectivity index (χ1) is 15.7. The molecule has 2 aromatic carbocycles. The monoisotopic (exact) mass is 500 g/mol. The van der Waals surface area contributed by atoms with E-state index < -0.39 is 0 Å². The standard InChI is InChI=1S/C26H26BBrN4O/c1-17-11-12-29-25(13-17)31-22-15-20(33-19-8-6-7-18(28)14-19)9-10-21(22)23-16-24(26(2,3)4)30-32(23)27(31)5/h6-16H,1-5H3. The van der Waals surface area contributed by atoms with Crippen molar-refractivity contribution < 1.29 is 4.74 Å². The van der Waals surface area contributed by atoms with E-state index in [-0.39, 0.29) is 12.4 Å². The highest BCUT2D eigenvalue weighted by molar-refractivity contribution is 9.10. The SMILES string of the molecule is CB1N(c2cc(C)ccn2)c2cc(Oc3cccc(Br)c3)ccc2-c2cc(C(C)(C)C)nn21. The molecule has 2 aromatic heterocycles. The molecule has 3 heterocycles. The number of ether oxygens (including phenoxy) is 1. The van der Waals surface area contributed by atoms with Gasteiger partial charge in [-0.3, -0.25) is 4.59 Å². The lowest BCUT2D eigenvalue weighted by atomic mass is 9.73. The summed E-state index contributed by atoms with van der Waals surface area (Å²) in [5.41, 5.74) is 5.48. The number of hydrogen-bond donors (Lipinski definition) is 0. The Hall–Kier alpha value is -3.06. The molecule has 1 aliphatic heterocycles. The summed E-state index contributed by atoms with van der Waals surface area (Å²) in [5, 5.41) is 5.01. The number of fused-ring (bicyclic) bond motifs is 3. The molecule has 0 N–H and O–H groups in total. The molecule has 0 amide bonds. The van der Waals surface area contributed by atoms with E-state index in [1.165, 1.54) is 0 Å². The second-order valence-electron chi connectivity index (χ2n) is 9.54. The highest BCUT2D eigenvalue weighted by Crippen LogP contribution is 2.43. The second kappa shape index (κ2) is 8.06. The van der Waals surface area contributed by atoms with Crippen molar-refractivity contribution in [3.63, 3.8) is 0 Å². The Morgan fingerprint density at radius 3 is 2.48 bits per heavy atom. The first kappa shape index (κ1) is 21.8. The van der Waals surface area contributed by atoms with Gasteiger partial charge in [-0.1, -0.05) is 42.8 Å². The zero-order chi connectivity index (χ0) is 23.3. The average Bonchev–Trinajstić information content (AvgIpc) is 3.21. The molecular weight excluding hydrogens is 475 g/mol. The van der Waals surface area contributed by atoms with Gasteiger partial charge in [0.15, 0.2) is 0 Å². The molecule has 1 aliphatic rings. The van der Waals surface area contributed by atoms with E-state index >= 15 is 0 Å². The van der Waals surface area contributed by atoms with Gasteiger partial charge in [-0.15, -0.1) is 0 Å². The van der Waals surface area contributed by atoms with Crippen LogP contribution in [0.5, 0.6) is 11.5 Å². The second-order valence-corrected chi connectivity index (χ2v) is 10.5. The third-order valence-electron chi connectivity index (χ3n) is 5.92. The van der Waals surface area contributed by atoms with Crippen molar-refractivity contribution in [1.82, 2.24) is 14.7 Å². The average molecular weight is 501 g/mol. The molecule has 0 atom stereocenters. The fourth-order valence-corrected chi connectivity index (χ4v) is 4.56. The van der Waals surface area contributed by atoms with E-state index in [0.717, 1.165) is 50.0 Å². The summed E-state index contributed by atoms with van der Waals surface area (Å²) in [7, 11) is 0. The van der Waals surface area contributed by atoms with Gasteiger partial charge in [0.25, 0.3) is 0 Å². The number of aryl methyl sites for hydroxylation is 1. The van der Waals surface area contributed by atoms with Crippen LogP contribution in [0.1, 0.15) is 32.0 Å². The number of anilines is 2. The Labute approximate surface area is 203 Å². The van der Waals surface area contributed by atoms with Gasteiger partial charge in [0.05, 0.1) is 11.4 Å². The zero-order valence-electron chi connectivity index (χ0n) is 19.5. The maximum Gasteiger partial charge on any atom is 0.401 e. The molecule has 0 aliphatic carbocycles. The van der Waals surface area contributed by atoms with Gasteiger partial charge in [0.2, 0.25) is 0 Å². The van der Waals surface area contributed by atoms with E-state index in [9.17, 15) is 0 Å². The molecule has 0 fully saturated rings. The predicted octanol–water partition coefficient (Wildman–Crippen LogP) is 7.22. The molecule has 7 heteroatoms. The van der Waals surface area contributed by atoms with Gasteiger partial charge in [-0.05, 0) is 67.8 Å². The van der Waals surface area contributed by atoms with Gasteiger partial charge in [-0.2, -0.15) is 5.10 Å². The largest absolute Gasteiger partial charge is 0.457 e. The van der Waals surface area contributed by atoms with Crippen LogP contribution in [0, 0.1) is 6.92 Å². The van der Waals surface area contributed by atoms with E-state index in [2.05, 4.69) is 84.1 Å². The van der Waals surface area contributed by atoms with Gasteiger partial charge < -0.3 is 9.55 Å². The van der Waals surface area contributed by atoms with Gasteiger partial charge in [0.1, 0.15) is 17.3 Å². The van der Waals surface area contributed by atoms with E-state index in [4.69, 9.17) is 14.8 Å². The topological polar surface area (TPSA) is 43.2 Å². The van der Waals surface area contributed by atoms with Crippen LogP contribution in [-0.4, -0.2) is 21.7 Å². The molecule has 0 saturated heterocycles. The van der Waals surface area contributed by atoms with Crippen LogP contribution in [0.4, 0.5) is 11.5 Å². The molecule has 5 nitrogen and oxygen atoms in total. The van der Waals surface area contributed by atoms with E-state index in [1.54, 1.807) is 0 Å². The summed E-state index contributed by atoms with van der Waals surface area (Å²) in [6.07, 6.45) is 1.86. The van der Waals surface area contributed by atoms with Gasteiger partial charge in [-0.25, -0.2) is 4.98 Å². The maximum atomic E-state index is 6.22. The van der Waals surface area contributed by atoms with Crippen LogP contribution in [0.15, 0.2) is 71.3 Å². The van der Waals surface area contributed by atoms with E-state index in [0.29, 0.717) is 0 Å². The summed E-state index contributed by atoms with van der Waals surface area (Å²) in [6, 6.07) is 20.5. The third kappa shape index (κ3) is 4.06. The Kier molecular flexibility index (Phi) is 5.32. The molecule has 5 rings (SSSR count). The molecule has 33 heavy (non-hydrogen) atoms. The molecule has 0 saturated carbocycles. The number of hydrogen-bond acceptors (Lipinski definition) is 4. The number of halogens is 1. The fraction of sp³-hybridized carbons (Fsp3) is 0.231. The zero-order valence-corrected chi connectivity index (χ0v) is 21.1. The highest BCUT2D eigenvalue weighted by atomic mass is 79.9. The number of nitrogens with zero attached hydrogens (tertiary/aromatic N) is 4. The van der Waals surface area contributed by atoms with Crippen LogP contribution in [0.3, 0.4) is 0 Å². The van der Waals surface area contributed by atoms with Crippen molar-refractivity contribution in [3.8, 4) is 22.8 Å². The lowest BCUT2D eigenvalue weighted by Crippen LogP contribution is -2.44. The summed E-state index contributed by atoms with van der Waals surface area (Å²) < 4.78 is 9.31. The Morgan fingerprint density at radius 2 is 1.76 bits per heavy atom. The Bertz CT molecular complexity index is 1340. The molecule has 0 bridgehead atoms. The van der Waals surface area contributed by atoms with Crippen LogP contribution >= 0.6 is 15.9 Å². The van der Waals surface area contributed by atoms with Crippen molar-refractivity contribution in [2.45, 2.75) is 39.9 Å². The summed E-state index contributed by atoms with van der Waals surface area (Å²) >= 11 is 3.52. The van der Waals surface area contributed by atoms with Gasteiger partial charge >= 0.3 is 6.98 Å². The van der Waals surface area contributed by atoms with Crippen molar-refractivity contribution in [2.24, 2.45) is 0 Å².